The highest BCUT2D eigenvalue weighted by atomic mass is 16.5. The summed E-state index contributed by atoms with van der Waals surface area (Å²) in [6.07, 6.45) is 6.17. The Bertz CT molecular complexity index is 1170. The molecule has 0 saturated carbocycles. The number of hydrogen-bond acceptors (Lipinski definition) is 6. The lowest BCUT2D eigenvalue weighted by Gasteiger charge is -2.38. The summed E-state index contributed by atoms with van der Waals surface area (Å²) in [6.45, 7) is 3.29. The van der Waals surface area contributed by atoms with Crippen molar-refractivity contribution in [2.75, 3.05) is 20.3 Å². The molecular formula is C25H23N3O3. The first-order valence-corrected chi connectivity index (χ1v) is 10.4. The van der Waals surface area contributed by atoms with E-state index in [0.717, 1.165) is 36.2 Å². The van der Waals surface area contributed by atoms with Gasteiger partial charge in [0.05, 0.1) is 48.1 Å². The molecule has 1 unspecified atom stereocenters. The minimum atomic E-state index is -0.379. The van der Waals surface area contributed by atoms with Crippen LogP contribution in [-0.4, -0.2) is 37.0 Å². The van der Waals surface area contributed by atoms with Gasteiger partial charge in [0.15, 0.2) is 0 Å². The molecule has 31 heavy (non-hydrogen) atoms. The second kappa shape index (κ2) is 7.28. The normalized spacial score (nSPS) is 20.4. The van der Waals surface area contributed by atoms with Crippen molar-refractivity contribution in [3.63, 3.8) is 0 Å². The first kappa shape index (κ1) is 19.4. The molecular weight excluding hydrogens is 390 g/mol. The maximum atomic E-state index is 11.9. The molecule has 2 aromatic carbocycles. The molecule has 0 bridgehead atoms. The summed E-state index contributed by atoms with van der Waals surface area (Å²) in [5.74, 6) is 0.469. The molecule has 0 aromatic heterocycles. The lowest BCUT2D eigenvalue weighted by molar-refractivity contribution is 0.0600. The number of carbonyl (C=O) groups is 1. The van der Waals surface area contributed by atoms with Crippen LogP contribution in [0.15, 0.2) is 53.7 Å². The minimum absolute atomic E-state index is 0.174. The van der Waals surface area contributed by atoms with Crippen molar-refractivity contribution in [2.45, 2.75) is 25.3 Å². The summed E-state index contributed by atoms with van der Waals surface area (Å²) < 4.78 is 10.8. The Morgan fingerprint density at radius 2 is 2.06 bits per heavy atom. The molecule has 3 aliphatic rings. The quantitative estimate of drug-likeness (QED) is 0.563. The maximum Gasteiger partial charge on any atom is 0.337 e. The highest BCUT2D eigenvalue weighted by Gasteiger charge is 2.45. The van der Waals surface area contributed by atoms with Gasteiger partial charge in [0.1, 0.15) is 5.75 Å². The zero-order chi connectivity index (χ0) is 21.6. The van der Waals surface area contributed by atoms with Crippen LogP contribution in [0.2, 0.25) is 0 Å². The third-order valence-corrected chi connectivity index (χ3v) is 6.58. The predicted molar refractivity (Wildman–Crippen MR) is 116 cm³/mol. The summed E-state index contributed by atoms with van der Waals surface area (Å²) in [6, 6.07) is 13.8. The SMILES string of the molecule is COC(=O)c1ccc2c(c1)OCC1CN(C3(c4ccc(C#N)c(C)c4)CC=CC3)N=C21. The number of benzene rings is 2. The Kier molecular flexibility index (Phi) is 4.55. The van der Waals surface area contributed by atoms with Gasteiger partial charge in [0.2, 0.25) is 0 Å². The average molecular weight is 413 g/mol. The average Bonchev–Trinajstić information content (AvgIpc) is 3.46. The minimum Gasteiger partial charge on any atom is -0.492 e. The topological polar surface area (TPSA) is 74.9 Å². The Balaban J connectivity index is 1.53. The molecule has 0 amide bonds. The van der Waals surface area contributed by atoms with E-state index in [1.807, 2.05) is 19.1 Å². The molecule has 156 valence electrons. The van der Waals surface area contributed by atoms with Gasteiger partial charge in [-0.3, -0.25) is 5.01 Å². The molecule has 2 aromatic rings. The van der Waals surface area contributed by atoms with E-state index in [4.69, 9.17) is 14.6 Å². The van der Waals surface area contributed by atoms with Gasteiger partial charge in [0.25, 0.3) is 0 Å². The number of nitrogens with zero attached hydrogens (tertiary/aromatic N) is 3. The van der Waals surface area contributed by atoms with Crippen molar-refractivity contribution < 1.29 is 14.3 Å². The molecule has 0 radical (unpaired) electrons. The van der Waals surface area contributed by atoms with Crippen LogP contribution < -0.4 is 4.74 Å². The van der Waals surface area contributed by atoms with Gasteiger partial charge in [0, 0.05) is 12.1 Å². The molecule has 5 rings (SSSR count). The summed E-state index contributed by atoms with van der Waals surface area (Å²) in [7, 11) is 1.37. The van der Waals surface area contributed by atoms with Crippen molar-refractivity contribution in [3.8, 4) is 11.8 Å². The van der Waals surface area contributed by atoms with Crippen LogP contribution in [0.5, 0.6) is 5.75 Å². The summed E-state index contributed by atoms with van der Waals surface area (Å²) in [5, 5.41) is 16.6. The molecule has 1 aliphatic carbocycles. The monoisotopic (exact) mass is 413 g/mol. The van der Waals surface area contributed by atoms with E-state index < -0.39 is 0 Å². The summed E-state index contributed by atoms with van der Waals surface area (Å²) >= 11 is 0. The van der Waals surface area contributed by atoms with E-state index >= 15 is 0 Å². The Labute approximate surface area is 181 Å². The van der Waals surface area contributed by atoms with Gasteiger partial charge in [-0.1, -0.05) is 24.3 Å². The van der Waals surface area contributed by atoms with Crippen LogP contribution in [0.4, 0.5) is 0 Å². The molecule has 6 heteroatoms. The zero-order valence-electron chi connectivity index (χ0n) is 17.6. The third kappa shape index (κ3) is 3.00. The van der Waals surface area contributed by atoms with Crippen LogP contribution in [0.1, 0.15) is 45.5 Å². The number of carbonyl (C=O) groups excluding carboxylic acids is 1. The Morgan fingerprint density at radius 1 is 1.26 bits per heavy atom. The van der Waals surface area contributed by atoms with E-state index in [-0.39, 0.29) is 17.4 Å². The number of esters is 1. The predicted octanol–water partition coefficient (Wildman–Crippen LogP) is 3.93. The van der Waals surface area contributed by atoms with Crippen molar-refractivity contribution in [1.82, 2.24) is 5.01 Å². The second-order valence-corrected chi connectivity index (χ2v) is 8.33. The van der Waals surface area contributed by atoms with Gasteiger partial charge in [-0.15, -0.1) is 0 Å². The number of rotatable bonds is 3. The first-order valence-electron chi connectivity index (χ1n) is 10.4. The van der Waals surface area contributed by atoms with Crippen molar-refractivity contribution >= 4 is 11.7 Å². The lowest BCUT2D eigenvalue weighted by Crippen LogP contribution is -2.41. The van der Waals surface area contributed by atoms with Crippen LogP contribution >= 0.6 is 0 Å². The van der Waals surface area contributed by atoms with Crippen molar-refractivity contribution in [3.05, 3.63) is 76.4 Å². The standard InChI is InChI=1S/C25H23N3O3/c1-16-11-20(7-5-18(16)13-26)25(9-3-4-10-25)28-14-19-15-31-22-12-17(24(29)30-2)6-8-21(22)23(19)27-28/h3-8,11-12,19H,9-10,14-15H2,1-2H3. The van der Waals surface area contributed by atoms with Crippen LogP contribution in [0.3, 0.4) is 0 Å². The molecule has 2 heterocycles. The third-order valence-electron chi connectivity index (χ3n) is 6.58. The second-order valence-electron chi connectivity index (χ2n) is 8.33. The molecule has 2 aliphatic heterocycles. The van der Waals surface area contributed by atoms with Crippen molar-refractivity contribution in [2.24, 2.45) is 11.0 Å². The van der Waals surface area contributed by atoms with Crippen LogP contribution in [0, 0.1) is 24.2 Å². The highest BCUT2D eigenvalue weighted by Crippen LogP contribution is 2.45. The fourth-order valence-electron chi connectivity index (χ4n) is 4.83. The van der Waals surface area contributed by atoms with E-state index in [1.54, 1.807) is 12.1 Å². The van der Waals surface area contributed by atoms with E-state index in [2.05, 4.69) is 35.4 Å². The zero-order valence-corrected chi connectivity index (χ0v) is 17.6. The van der Waals surface area contributed by atoms with E-state index in [1.165, 1.54) is 12.7 Å². The molecule has 1 atom stereocenters. The number of nitriles is 1. The number of ether oxygens (including phenoxy) is 2. The largest absolute Gasteiger partial charge is 0.492 e. The smallest absolute Gasteiger partial charge is 0.337 e. The molecule has 0 saturated heterocycles. The fourth-order valence-corrected chi connectivity index (χ4v) is 4.83. The highest BCUT2D eigenvalue weighted by molar-refractivity contribution is 6.07. The maximum absolute atomic E-state index is 11.9. The van der Waals surface area contributed by atoms with Gasteiger partial charge >= 0.3 is 5.97 Å². The Morgan fingerprint density at radius 3 is 2.77 bits per heavy atom. The number of hydrogen-bond donors (Lipinski definition) is 0. The van der Waals surface area contributed by atoms with Gasteiger partial charge in [-0.05, 0) is 55.2 Å². The van der Waals surface area contributed by atoms with Crippen molar-refractivity contribution in [1.29, 1.82) is 5.26 Å². The van der Waals surface area contributed by atoms with E-state index in [9.17, 15) is 10.1 Å². The van der Waals surface area contributed by atoms with E-state index in [0.29, 0.717) is 23.5 Å². The summed E-state index contributed by atoms with van der Waals surface area (Å²) in [4.78, 5) is 11.9. The van der Waals surface area contributed by atoms with Gasteiger partial charge < -0.3 is 9.47 Å². The number of aryl methyl sites for hydroxylation is 1. The van der Waals surface area contributed by atoms with Gasteiger partial charge in [-0.2, -0.15) is 10.4 Å². The van der Waals surface area contributed by atoms with Crippen LogP contribution in [0.25, 0.3) is 0 Å². The summed E-state index contributed by atoms with van der Waals surface area (Å²) in [5.41, 5.74) is 5.03. The number of methoxy groups -OCH3 is 1. The molecule has 6 nitrogen and oxygen atoms in total. The molecule has 0 fully saturated rings. The lowest BCUT2D eigenvalue weighted by atomic mass is 9.84. The molecule has 0 spiro atoms. The molecule has 0 N–H and O–H groups in total. The number of hydrazone groups is 1. The fraction of sp³-hybridized carbons (Fsp3) is 0.320. The van der Waals surface area contributed by atoms with Gasteiger partial charge in [-0.25, -0.2) is 4.79 Å². The Hall–Kier alpha value is -3.59. The number of fused-ring (bicyclic) bond motifs is 3. The first-order chi connectivity index (χ1) is 15.1. The van der Waals surface area contributed by atoms with Crippen LogP contribution in [-0.2, 0) is 10.3 Å².